The van der Waals surface area contributed by atoms with Gasteiger partial charge in [0.25, 0.3) is 5.91 Å². The maximum absolute atomic E-state index is 14.2. The molecule has 8 heteroatoms. The van der Waals surface area contributed by atoms with E-state index >= 15 is 0 Å². The van der Waals surface area contributed by atoms with Crippen LogP contribution in [-0.4, -0.2) is 32.4 Å². The van der Waals surface area contributed by atoms with E-state index in [1.807, 2.05) is 48.0 Å². The Labute approximate surface area is 215 Å². The Morgan fingerprint density at radius 2 is 2.00 bits per heavy atom. The average Bonchev–Trinajstić information content (AvgIpc) is 3.39. The van der Waals surface area contributed by atoms with Crippen molar-refractivity contribution in [3.8, 4) is 0 Å². The van der Waals surface area contributed by atoms with Gasteiger partial charge in [0.15, 0.2) is 0 Å². The first kappa shape index (κ1) is 23.6. The van der Waals surface area contributed by atoms with Crippen LogP contribution in [0.4, 0.5) is 10.1 Å². The molecule has 0 radical (unpaired) electrons. The molecule has 0 bridgehead atoms. The van der Waals surface area contributed by atoms with Gasteiger partial charge in [-0.2, -0.15) is 0 Å². The molecule has 1 atom stereocenters. The highest BCUT2D eigenvalue weighted by molar-refractivity contribution is 6.32. The number of rotatable bonds is 6. The zero-order valence-corrected chi connectivity index (χ0v) is 21.6. The van der Waals surface area contributed by atoms with E-state index in [1.54, 1.807) is 11.2 Å². The highest BCUT2D eigenvalue weighted by atomic mass is 35.5. The minimum atomic E-state index is -0.877. The number of nitrogens with zero attached hydrogens (tertiary/aromatic N) is 4. The molecule has 1 aromatic heterocycles. The zero-order chi connectivity index (χ0) is 25.2. The molecule has 1 amide bonds. The minimum absolute atomic E-state index is 0.0577. The molecule has 1 aliphatic heterocycles. The lowest BCUT2D eigenvalue weighted by Gasteiger charge is -2.43. The number of carbonyl (C=O) groups is 1. The summed E-state index contributed by atoms with van der Waals surface area (Å²) in [4.78, 5) is 15.4. The van der Waals surface area contributed by atoms with E-state index in [-0.39, 0.29) is 17.5 Å². The number of aromatic nitrogens is 3. The first-order chi connectivity index (χ1) is 17.2. The van der Waals surface area contributed by atoms with Crippen molar-refractivity contribution in [1.29, 1.82) is 0 Å². The molecule has 188 valence electrons. The Morgan fingerprint density at radius 1 is 1.22 bits per heavy atom. The van der Waals surface area contributed by atoms with Crippen LogP contribution < -0.4 is 10.2 Å². The molecular formula is C28H31ClFN5O. The van der Waals surface area contributed by atoms with Crippen molar-refractivity contribution in [2.75, 3.05) is 4.90 Å². The molecule has 36 heavy (non-hydrogen) atoms. The average molecular weight is 508 g/mol. The SMILES string of the molecule is C[C@@H](NC1(C)CCC1)c1cc(Cl)c2c(c1)C(=O)N(c1cccc(C3(c4nncn4C)CC(F)C3)c1)C2. The third-order valence-electron chi connectivity index (χ3n) is 8.52. The summed E-state index contributed by atoms with van der Waals surface area (Å²) < 4.78 is 16.1. The second-order valence-electron chi connectivity index (χ2n) is 11.1. The van der Waals surface area contributed by atoms with Crippen LogP contribution in [0, 0.1) is 0 Å². The minimum Gasteiger partial charge on any atom is -0.320 e. The van der Waals surface area contributed by atoms with Crippen LogP contribution in [0.25, 0.3) is 0 Å². The molecule has 2 aromatic carbocycles. The molecule has 3 aromatic rings. The largest absolute Gasteiger partial charge is 0.320 e. The number of halogens is 2. The van der Waals surface area contributed by atoms with E-state index in [0.717, 1.165) is 41.0 Å². The van der Waals surface area contributed by atoms with Crippen LogP contribution in [0.3, 0.4) is 0 Å². The molecule has 0 saturated heterocycles. The summed E-state index contributed by atoms with van der Waals surface area (Å²) in [6.45, 7) is 4.80. The molecule has 0 spiro atoms. The lowest BCUT2D eigenvalue weighted by Crippen LogP contribution is -2.49. The quantitative estimate of drug-likeness (QED) is 0.469. The summed E-state index contributed by atoms with van der Waals surface area (Å²) in [6.07, 6.45) is 5.06. The fourth-order valence-electron chi connectivity index (χ4n) is 6.23. The highest BCUT2D eigenvalue weighted by Crippen LogP contribution is 2.50. The molecule has 2 fully saturated rings. The smallest absolute Gasteiger partial charge is 0.258 e. The standard InChI is InChI=1S/C28H31ClFN5O/c1-17(32-27(2)8-5-9-27)18-10-22-23(24(29)11-18)15-35(25(22)36)21-7-4-6-19(12-21)28(13-20(30)14-28)26-33-31-16-34(26)3/h4,6-7,10-12,16-17,20,32H,5,8-9,13-15H2,1-3H3/t17-,20?,28?/m1/s1. The number of nitrogens with one attached hydrogen (secondary N) is 1. The zero-order valence-electron chi connectivity index (χ0n) is 20.9. The number of aryl methyl sites for hydroxylation is 1. The molecule has 2 aliphatic carbocycles. The Morgan fingerprint density at radius 3 is 2.64 bits per heavy atom. The molecule has 6 rings (SSSR count). The van der Waals surface area contributed by atoms with Crippen molar-refractivity contribution < 1.29 is 9.18 Å². The van der Waals surface area contributed by atoms with E-state index < -0.39 is 11.6 Å². The van der Waals surface area contributed by atoms with E-state index in [9.17, 15) is 9.18 Å². The molecule has 0 unspecified atom stereocenters. The van der Waals surface area contributed by atoms with Crippen molar-refractivity contribution in [3.05, 3.63) is 75.8 Å². The number of hydrogen-bond acceptors (Lipinski definition) is 4. The fraction of sp³-hybridized carbons (Fsp3) is 0.464. The number of alkyl halides is 1. The van der Waals surface area contributed by atoms with Crippen molar-refractivity contribution in [2.45, 2.75) is 75.7 Å². The van der Waals surface area contributed by atoms with Crippen LogP contribution in [-0.2, 0) is 19.0 Å². The summed E-state index contributed by atoms with van der Waals surface area (Å²) in [7, 11) is 1.88. The van der Waals surface area contributed by atoms with E-state index in [4.69, 9.17) is 11.6 Å². The lowest BCUT2D eigenvalue weighted by molar-refractivity contribution is 0.0995. The fourth-order valence-corrected chi connectivity index (χ4v) is 6.52. The molecular weight excluding hydrogens is 477 g/mol. The number of amides is 1. The molecule has 2 heterocycles. The predicted octanol–water partition coefficient (Wildman–Crippen LogP) is 5.64. The van der Waals surface area contributed by atoms with Gasteiger partial charge >= 0.3 is 0 Å². The molecule has 1 N–H and O–H groups in total. The first-order valence-electron chi connectivity index (χ1n) is 12.7. The van der Waals surface area contributed by atoms with Gasteiger partial charge in [0.2, 0.25) is 0 Å². The van der Waals surface area contributed by atoms with Crippen molar-refractivity contribution in [1.82, 2.24) is 20.1 Å². The van der Waals surface area contributed by atoms with Crippen LogP contribution in [0.2, 0.25) is 5.02 Å². The van der Waals surface area contributed by atoms with E-state index in [1.165, 1.54) is 6.42 Å². The molecule has 6 nitrogen and oxygen atoms in total. The van der Waals surface area contributed by atoms with Gasteiger partial charge in [-0.25, -0.2) is 4.39 Å². The van der Waals surface area contributed by atoms with E-state index in [0.29, 0.717) is 30.0 Å². The van der Waals surface area contributed by atoms with Crippen LogP contribution in [0.15, 0.2) is 42.7 Å². The van der Waals surface area contributed by atoms with Gasteiger partial charge in [-0.05, 0) is 81.3 Å². The topological polar surface area (TPSA) is 63.1 Å². The third kappa shape index (κ3) is 3.67. The number of carbonyl (C=O) groups excluding carboxylic acids is 1. The maximum Gasteiger partial charge on any atom is 0.258 e. The molecule has 3 aliphatic rings. The van der Waals surface area contributed by atoms with Gasteiger partial charge < -0.3 is 14.8 Å². The monoisotopic (exact) mass is 507 g/mol. The Balaban J connectivity index is 1.30. The third-order valence-corrected chi connectivity index (χ3v) is 8.86. The second-order valence-corrected chi connectivity index (χ2v) is 11.5. The van der Waals surface area contributed by atoms with E-state index in [2.05, 4.69) is 29.4 Å². The molecule has 2 saturated carbocycles. The van der Waals surface area contributed by atoms with Crippen LogP contribution in [0.1, 0.15) is 84.9 Å². The van der Waals surface area contributed by atoms with Gasteiger partial charge in [0.1, 0.15) is 18.3 Å². The summed E-state index contributed by atoms with van der Waals surface area (Å²) in [5.41, 5.74) is 3.88. The normalized spacial score (nSPS) is 25.3. The number of anilines is 1. The van der Waals surface area contributed by atoms with Gasteiger partial charge in [-0.3, -0.25) is 4.79 Å². The van der Waals surface area contributed by atoms with Crippen molar-refractivity contribution in [3.63, 3.8) is 0 Å². The highest BCUT2D eigenvalue weighted by Gasteiger charge is 2.50. The summed E-state index contributed by atoms with van der Waals surface area (Å²) in [5, 5.41) is 12.7. The Bertz CT molecular complexity index is 1340. The summed E-state index contributed by atoms with van der Waals surface area (Å²) in [6, 6.07) is 11.9. The van der Waals surface area contributed by atoms with Crippen molar-refractivity contribution in [2.24, 2.45) is 7.05 Å². The Kier molecular flexibility index (Phi) is 5.50. The predicted molar refractivity (Wildman–Crippen MR) is 138 cm³/mol. The summed E-state index contributed by atoms with van der Waals surface area (Å²) >= 11 is 6.73. The number of fused-ring (bicyclic) bond motifs is 1. The first-order valence-corrected chi connectivity index (χ1v) is 13.1. The second kappa shape index (κ2) is 8.38. The lowest BCUT2D eigenvalue weighted by atomic mass is 9.62. The van der Waals surface area contributed by atoms with Gasteiger partial charge in [0, 0.05) is 40.5 Å². The summed E-state index contributed by atoms with van der Waals surface area (Å²) in [5.74, 6) is 0.691. The number of benzene rings is 2. The van der Waals surface area contributed by atoms with Crippen LogP contribution >= 0.6 is 11.6 Å². The maximum atomic E-state index is 14.2. The Hall–Kier alpha value is -2.77. The van der Waals surface area contributed by atoms with Gasteiger partial charge in [-0.1, -0.05) is 23.7 Å². The van der Waals surface area contributed by atoms with Crippen LogP contribution in [0.5, 0.6) is 0 Å². The van der Waals surface area contributed by atoms with Crippen molar-refractivity contribution >= 4 is 23.2 Å². The van der Waals surface area contributed by atoms with Gasteiger partial charge in [-0.15, -0.1) is 10.2 Å². The van der Waals surface area contributed by atoms with Gasteiger partial charge in [0.05, 0.1) is 12.0 Å². The number of hydrogen-bond donors (Lipinski definition) is 1.